The van der Waals surface area contributed by atoms with Crippen molar-refractivity contribution < 1.29 is 19.7 Å². The second kappa shape index (κ2) is 4.84. The van der Waals surface area contributed by atoms with Crippen LogP contribution in [-0.2, 0) is 4.79 Å². The molecule has 0 aromatic heterocycles. The molecule has 0 bridgehead atoms. The lowest BCUT2D eigenvalue weighted by molar-refractivity contribution is -0.131. The molecule has 0 saturated carbocycles. The van der Waals surface area contributed by atoms with Gasteiger partial charge in [-0.3, -0.25) is 0 Å². The highest BCUT2D eigenvalue weighted by atomic mass is 79.9. The van der Waals surface area contributed by atoms with Crippen LogP contribution in [0.2, 0.25) is 0 Å². The number of aliphatic carboxylic acids is 1. The van der Waals surface area contributed by atoms with Gasteiger partial charge in [-0.15, -0.1) is 0 Å². The van der Waals surface area contributed by atoms with E-state index < -0.39 is 5.97 Å². The molecule has 0 spiro atoms. The first-order valence-corrected chi connectivity index (χ1v) is 4.81. The minimum absolute atomic E-state index is 0.0850. The highest BCUT2D eigenvalue weighted by molar-refractivity contribution is 9.10. The summed E-state index contributed by atoms with van der Waals surface area (Å²) in [6.45, 7) is 0. The van der Waals surface area contributed by atoms with E-state index in [1.807, 2.05) is 0 Å². The number of aromatic hydroxyl groups is 1. The molecule has 0 aliphatic carbocycles. The largest absolute Gasteiger partial charge is 0.504 e. The van der Waals surface area contributed by atoms with Crippen LogP contribution in [0.4, 0.5) is 0 Å². The third-order valence-corrected chi connectivity index (χ3v) is 2.15. The highest BCUT2D eigenvalue weighted by Crippen LogP contribution is 2.34. The number of methoxy groups -OCH3 is 1. The minimum atomic E-state index is -1.08. The predicted molar refractivity (Wildman–Crippen MR) is 59.0 cm³/mol. The van der Waals surface area contributed by atoms with E-state index in [0.29, 0.717) is 10.0 Å². The van der Waals surface area contributed by atoms with Crippen molar-refractivity contribution in [2.24, 2.45) is 0 Å². The van der Waals surface area contributed by atoms with Crippen LogP contribution in [0.5, 0.6) is 11.5 Å². The quantitative estimate of drug-likeness (QED) is 0.829. The molecule has 0 heterocycles. The average molecular weight is 273 g/mol. The molecule has 0 saturated heterocycles. The van der Waals surface area contributed by atoms with E-state index in [4.69, 9.17) is 9.84 Å². The third-order valence-electron chi connectivity index (χ3n) is 1.69. The minimum Gasteiger partial charge on any atom is -0.504 e. The van der Waals surface area contributed by atoms with Crippen molar-refractivity contribution >= 4 is 28.0 Å². The van der Waals surface area contributed by atoms with Gasteiger partial charge in [0, 0.05) is 16.1 Å². The molecule has 4 nitrogen and oxygen atoms in total. The molecule has 0 amide bonds. The van der Waals surface area contributed by atoms with Crippen LogP contribution in [0.25, 0.3) is 6.08 Å². The average Bonchev–Trinajstić information content (AvgIpc) is 2.18. The maximum absolute atomic E-state index is 10.3. The van der Waals surface area contributed by atoms with E-state index >= 15 is 0 Å². The standard InChI is InChI=1S/C10H9BrO4/c1-15-8-5-7(11)4-6(10(8)14)2-3-9(12)13/h2-5,14H,1H3,(H,12,13). The fourth-order valence-corrected chi connectivity index (χ4v) is 1.49. The van der Waals surface area contributed by atoms with Crippen LogP contribution < -0.4 is 4.74 Å². The Hall–Kier alpha value is -1.49. The lowest BCUT2D eigenvalue weighted by Crippen LogP contribution is -1.88. The van der Waals surface area contributed by atoms with Gasteiger partial charge in [0.2, 0.25) is 0 Å². The van der Waals surface area contributed by atoms with Crippen molar-refractivity contribution in [1.29, 1.82) is 0 Å². The van der Waals surface area contributed by atoms with Crippen LogP contribution in [-0.4, -0.2) is 23.3 Å². The molecule has 0 atom stereocenters. The molecule has 15 heavy (non-hydrogen) atoms. The van der Waals surface area contributed by atoms with Gasteiger partial charge < -0.3 is 14.9 Å². The summed E-state index contributed by atoms with van der Waals surface area (Å²) in [5, 5.41) is 18.1. The molecular weight excluding hydrogens is 264 g/mol. The summed E-state index contributed by atoms with van der Waals surface area (Å²) in [5.74, 6) is -0.874. The van der Waals surface area contributed by atoms with Crippen LogP contribution in [0.1, 0.15) is 5.56 Å². The van der Waals surface area contributed by atoms with E-state index in [1.54, 1.807) is 12.1 Å². The summed E-state index contributed by atoms with van der Waals surface area (Å²) >= 11 is 3.22. The molecule has 0 radical (unpaired) electrons. The fourth-order valence-electron chi connectivity index (χ4n) is 1.04. The number of halogens is 1. The van der Waals surface area contributed by atoms with E-state index in [2.05, 4.69) is 15.9 Å². The smallest absolute Gasteiger partial charge is 0.328 e. The van der Waals surface area contributed by atoms with Gasteiger partial charge in [0.1, 0.15) is 0 Å². The van der Waals surface area contributed by atoms with Crippen LogP contribution in [0.3, 0.4) is 0 Å². The predicted octanol–water partition coefficient (Wildman–Crippen LogP) is 2.26. The molecule has 0 unspecified atom stereocenters. The van der Waals surface area contributed by atoms with Crippen molar-refractivity contribution in [3.8, 4) is 11.5 Å². The Morgan fingerprint density at radius 2 is 2.20 bits per heavy atom. The Bertz CT molecular complexity index is 412. The number of hydrogen-bond acceptors (Lipinski definition) is 3. The number of phenols is 1. The molecule has 0 aliphatic heterocycles. The summed E-state index contributed by atoms with van der Waals surface area (Å²) < 4.78 is 5.61. The van der Waals surface area contributed by atoms with Crippen LogP contribution in [0.15, 0.2) is 22.7 Å². The first-order valence-electron chi connectivity index (χ1n) is 4.02. The van der Waals surface area contributed by atoms with Gasteiger partial charge in [0.25, 0.3) is 0 Å². The molecule has 2 N–H and O–H groups in total. The highest BCUT2D eigenvalue weighted by Gasteiger charge is 2.07. The van der Waals surface area contributed by atoms with E-state index in [-0.39, 0.29) is 11.5 Å². The van der Waals surface area contributed by atoms with Crippen molar-refractivity contribution in [3.05, 3.63) is 28.2 Å². The fraction of sp³-hybridized carbons (Fsp3) is 0.100. The number of ether oxygens (including phenoxy) is 1. The number of rotatable bonds is 3. The zero-order valence-electron chi connectivity index (χ0n) is 7.90. The summed E-state index contributed by atoms with van der Waals surface area (Å²) in [4.78, 5) is 10.3. The first kappa shape index (κ1) is 11.6. The van der Waals surface area contributed by atoms with E-state index in [9.17, 15) is 9.90 Å². The topological polar surface area (TPSA) is 66.8 Å². The van der Waals surface area contributed by atoms with Gasteiger partial charge in [0.15, 0.2) is 11.5 Å². The molecule has 1 aromatic carbocycles. The van der Waals surface area contributed by atoms with Gasteiger partial charge >= 0.3 is 5.97 Å². The van der Waals surface area contributed by atoms with Crippen molar-refractivity contribution in [2.75, 3.05) is 7.11 Å². The maximum atomic E-state index is 10.3. The Balaban J connectivity index is 3.17. The summed E-state index contributed by atoms with van der Waals surface area (Å²) in [6, 6.07) is 3.19. The molecule has 0 fully saturated rings. The Labute approximate surface area is 94.9 Å². The van der Waals surface area contributed by atoms with E-state index in [1.165, 1.54) is 13.2 Å². The number of carbonyl (C=O) groups is 1. The number of carboxylic acid groups (broad SMARTS) is 1. The second-order valence-corrected chi connectivity index (χ2v) is 3.63. The molecule has 5 heteroatoms. The number of hydrogen-bond donors (Lipinski definition) is 2. The van der Waals surface area contributed by atoms with Crippen molar-refractivity contribution in [3.63, 3.8) is 0 Å². The normalized spacial score (nSPS) is 10.5. The Morgan fingerprint density at radius 3 is 2.73 bits per heavy atom. The number of carboxylic acids is 1. The Kier molecular flexibility index (Phi) is 3.74. The molecule has 1 aromatic rings. The summed E-state index contributed by atoms with van der Waals surface area (Å²) in [5.41, 5.74) is 0.378. The zero-order valence-corrected chi connectivity index (χ0v) is 9.48. The second-order valence-electron chi connectivity index (χ2n) is 2.72. The molecule has 0 aliphatic rings. The Morgan fingerprint density at radius 1 is 1.53 bits per heavy atom. The van der Waals surface area contributed by atoms with Crippen LogP contribution >= 0.6 is 15.9 Å². The first-order chi connectivity index (χ1) is 7.04. The van der Waals surface area contributed by atoms with Gasteiger partial charge in [-0.2, -0.15) is 0 Å². The van der Waals surface area contributed by atoms with Gasteiger partial charge in [-0.1, -0.05) is 15.9 Å². The van der Waals surface area contributed by atoms with Crippen LogP contribution in [0, 0.1) is 0 Å². The lowest BCUT2D eigenvalue weighted by atomic mass is 10.1. The monoisotopic (exact) mass is 272 g/mol. The molecule has 1 rings (SSSR count). The van der Waals surface area contributed by atoms with Gasteiger partial charge in [-0.25, -0.2) is 4.79 Å². The van der Waals surface area contributed by atoms with Crippen molar-refractivity contribution in [2.45, 2.75) is 0 Å². The zero-order chi connectivity index (χ0) is 11.4. The number of phenolic OH excluding ortho intramolecular Hbond substituents is 1. The maximum Gasteiger partial charge on any atom is 0.328 e. The molecule has 80 valence electrons. The lowest BCUT2D eigenvalue weighted by Gasteiger charge is -2.06. The summed E-state index contributed by atoms with van der Waals surface area (Å²) in [6.07, 6.45) is 2.24. The van der Waals surface area contributed by atoms with Crippen molar-refractivity contribution in [1.82, 2.24) is 0 Å². The van der Waals surface area contributed by atoms with Gasteiger partial charge in [-0.05, 0) is 18.2 Å². The van der Waals surface area contributed by atoms with Gasteiger partial charge in [0.05, 0.1) is 7.11 Å². The SMILES string of the molecule is COc1cc(Br)cc(C=CC(=O)O)c1O. The molecular formula is C10H9BrO4. The van der Waals surface area contributed by atoms with E-state index in [0.717, 1.165) is 6.08 Å². The third kappa shape index (κ3) is 2.99. The summed E-state index contributed by atoms with van der Waals surface area (Å²) in [7, 11) is 1.42. The number of benzene rings is 1.